The van der Waals surface area contributed by atoms with Crippen LogP contribution in [-0.2, 0) is 0 Å². The molecule has 0 saturated heterocycles. The Labute approximate surface area is 59.1 Å². The van der Waals surface area contributed by atoms with E-state index in [2.05, 4.69) is 5.32 Å². The maximum Gasteiger partial charge on any atom is 0.258 e. The molecule has 0 amide bonds. The van der Waals surface area contributed by atoms with E-state index in [-0.39, 0.29) is 4.92 Å². The standard InChI is InChI=1S/C6H10N2O2/c1-5-2-3-7-4-6(5)8(9)10/h7H,2-4H2,1H3. The van der Waals surface area contributed by atoms with Gasteiger partial charge in [-0.05, 0) is 19.9 Å². The fourth-order valence-corrected chi connectivity index (χ4v) is 0.998. The summed E-state index contributed by atoms with van der Waals surface area (Å²) >= 11 is 0. The van der Waals surface area contributed by atoms with Gasteiger partial charge in [0.25, 0.3) is 5.70 Å². The maximum atomic E-state index is 10.3. The zero-order chi connectivity index (χ0) is 7.56. The Morgan fingerprint density at radius 2 is 2.40 bits per heavy atom. The van der Waals surface area contributed by atoms with E-state index in [1.54, 1.807) is 0 Å². The lowest BCUT2D eigenvalue weighted by atomic mass is 10.1. The summed E-state index contributed by atoms with van der Waals surface area (Å²) in [4.78, 5) is 9.97. The van der Waals surface area contributed by atoms with Gasteiger partial charge in [-0.3, -0.25) is 10.1 Å². The molecule has 0 aromatic carbocycles. The van der Waals surface area contributed by atoms with Crippen LogP contribution in [0.5, 0.6) is 0 Å². The number of hydrogen-bond acceptors (Lipinski definition) is 3. The molecule has 10 heavy (non-hydrogen) atoms. The van der Waals surface area contributed by atoms with Crippen molar-refractivity contribution < 1.29 is 4.92 Å². The molecule has 1 rings (SSSR count). The Hall–Kier alpha value is -0.900. The van der Waals surface area contributed by atoms with E-state index in [4.69, 9.17) is 0 Å². The minimum absolute atomic E-state index is 0.304. The van der Waals surface area contributed by atoms with Gasteiger partial charge in [0, 0.05) is 5.57 Å². The SMILES string of the molecule is CC1=C([N+](=O)[O-])CNCC1. The van der Waals surface area contributed by atoms with Gasteiger partial charge in [-0.15, -0.1) is 0 Å². The molecule has 56 valence electrons. The fraction of sp³-hybridized carbons (Fsp3) is 0.667. The smallest absolute Gasteiger partial charge is 0.258 e. The summed E-state index contributed by atoms with van der Waals surface area (Å²) in [5.74, 6) is 0. The molecule has 0 bridgehead atoms. The van der Waals surface area contributed by atoms with Crippen LogP contribution in [0.1, 0.15) is 13.3 Å². The summed E-state index contributed by atoms with van der Waals surface area (Å²) < 4.78 is 0. The molecule has 1 aliphatic rings. The van der Waals surface area contributed by atoms with Gasteiger partial charge in [-0.1, -0.05) is 0 Å². The largest absolute Gasteiger partial charge is 0.307 e. The van der Waals surface area contributed by atoms with Gasteiger partial charge in [-0.25, -0.2) is 0 Å². The zero-order valence-corrected chi connectivity index (χ0v) is 5.89. The zero-order valence-electron chi connectivity index (χ0n) is 5.89. The number of nitrogens with one attached hydrogen (secondary N) is 1. The second-order valence-electron chi connectivity index (χ2n) is 2.41. The Morgan fingerprint density at radius 3 is 2.80 bits per heavy atom. The molecule has 0 aromatic rings. The first-order chi connectivity index (χ1) is 4.72. The van der Waals surface area contributed by atoms with E-state index >= 15 is 0 Å². The molecule has 1 aliphatic heterocycles. The van der Waals surface area contributed by atoms with Crippen molar-refractivity contribution in [2.75, 3.05) is 13.1 Å². The van der Waals surface area contributed by atoms with Crippen LogP contribution in [0.3, 0.4) is 0 Å². The van der Waals surface area contributed by atoms with Crippen LogP contribution < -0.4 is 5.32 Å². The summed E-state index contributed by atoms with van der Waals surface area (Å²) in [6.45, 7) is 3.10. The molecule has 4 heteroatoms. The van der Waals surface area contributed by atoms with Gasteiger partial charge in [0.15, 0.2) is 0 Å². The summed E-state index contributed by atoms with van der Waals surface area (Å²) in [7, 11) is 0. The average molecular weight is 142 g/mol. The minimum atomic E-state index is -0.304. The van der Waals surface area contributed by atoms with E-state index in [0.717, 1.165) is 18.5 Å². The lowest BCUT2D eigenvalue weighted by Gasteiger charge is -2.11. The molecule has 0 saturated carbocycles. The normalized spacial score (nSPS) is 19.3. The third-order valence-electron chi connectivity index (χ3n) is 1.68. The van der Waals surface area contributed by atoms with Crippen LogP contribution in [-0.4, -0.2) is 18.0 Å². The molecule has 0 aliphatic carbocycles. The third kappa shape index (κ3) is 1.33. The van der Waals surface area contributed by atoms with Crippen LogP contribution in [0.4, 0.5) is 0 Å². The van der Waals surface area contributed by atoms with Crippen LogP contribution in [0.15, 0.2) is 11.3 Å². The highest BCUT2D eigenvalue weighted by molar-refractivity contribution is 5.09. The summed E-state index contributed by atoms with van der Waals surface area (Å²) in [6.07, 6.45) is 0.802. The molecule has 0 atom stereocenters. The molecule has 0 spiro atoms. The highest BCUT2D eigenvalue weighted by Gasteiger charge is 2.17. The van der Waals surface area contributed by atoms with E-state index < -0.39 is 0 Å². The third-order valence-corrected chi connectivity index (χ3v) is 1.68. The molecule has 0 fully saturated rings. The first kappa shape index (κ1) is 7.21. The first-order valence-electron chi connectivity index (χ1n) is 3.25. The van der Waals surface area contributed by atoms with E-state index in [0.29, 0.717) is 12.2 Å². The Balaban J connectivity index is 2.78. The molecule has 1 heterocycles. The Morgan fingerprint density at radius 1 is 1.70 bits per heavy atom. The quantitative estimate of drug-likeness (QED) is 0.429. The first-order valence-corrected chi connectivity index (χ1v) is 3.25. The van der Waals surface area contributed by atoms with Gasteiger partial charge < -0.3 is 5.32 Å². The van der Waals surface area contributed by atoms with E-state index in [1.807, 2.05) is 6.92 Å². The van der Waals surface area contributed by atoms with Crippen molar-refractivity contribution in [3.63, 3.8) is 0 Å². The lowest BCUT2D eigenvalue weighted by Crippen LogP contribution is -2.27. The van der Waals surface area contributed by atoms with Crippen LogP contribution in [0.2, 0.25) is 0 Å². The topological polar surface area (TPSA) is 55.2 Å². The second-order valence-corrected chi connectivity index (χ2v) is 2.41. The molecular formula is C6H10N2O2. The van der Waals surface area contributed by atoms with Gasteiger partial charge in [-0.2, -0.15) is 0 Å². The minimum Gasteiger partial charge on any atom is -0.307 e. The second kappa shape index (κ2) is 2.79. The van der Waals surface area contributed by atoms with Crippen molar-refractivity contribution in [3.05, 3.63) is 21.4 Å². The fourth-order valence-electron chi connectivity index (χ4n) is 0.998. The molecule has 0 aromatic heterocycles. The number of nitrogens with zero attached hydrogens (tertiary/aromatic N) is 1. The van der Waals surface area contributed by atoms with Crippen molar-refractivity contribution in [1.82, 2.24) is 5.32 Å². The summed E-state index contributed by atoms with van der Waals surface area (Å²) in [5, 5.41) is 13.2. The number of hydrogen-bond donors (Lipinski definition) is 1. The van der Waals surface area contributed by atoms with Crippen LogP contribution in [0.25, 0.3) is 0 Å². The Bertz CT molecular complexity index is 186. The van der Waals surface area contributed by atoms with Crippen molar-refractivity contribution in [1.29, 1.82) is 0 Å². The van der Waals surface area contributed by atoms with Gasteiger partial charge in [0.05, 0.1) is 11.5 Å². The van der Waals surface area contributed by atoms with E-state index in [1.165, 1.54) is 0 Å². The summed E-state index contributed by atoms with van der Waals surface area (Å²) in [6, 6.07) is 0. The number of rotatable bonds is 1. The van der Waals surface area contributed by atoms with Crippen molar-refractivity contribution in [3.8, 4) is 0 Å². The van der Waals surface area contributed by atoms with Gasteiger partial charge >= 0.3 is 0 Å². The van der Waals surface area contributed by atoms with Crippen molar-refractivity contribution in [2.45, 2.75) is 13.3 Å². The number of nitro groups is 1. The van der Waals surface area contributed by atoms with E-state index in [9.17, 15) is 10.1 Å². The lowest BCUT2D eigenvalue weighted by molar-refractivity contribution is -0.428. The Kier molecular flexibility index (Phi) is 2.01. The monoisotopic (exact) mass is 142 g/mol. The van der Waals surface area contributed by atoms with Crippen molar-refractivity contribution >= 4 is 0 Å². The van der Waals surface area contributed by atoms with Crippen LogP contribution >= 0.6 is 0 Å². The molecule has 0 unspecified atom stereocenters. The molecule has 0 radical (unpaired) electrons. The van der Waals surface area contributed by atoms with Crippen molar-refractivity contribution in [2.24, 2.45) is 0 Å². The highest BCUT2D eigenvalue weighted by atomic mass is 16.6. The molecule has 4 nitrogen and oxygen atoms in total. The highest BCUT2D eigenvalue weighted by Crippen LogP contribution is 2.10. The van der Waals surface area contributed by atoms with Gasteiger partial charge in [0.1, 0.15) is 0 Å². The predicted molar refractivity (Wildman–Crippen MR) is 37.2 cm³/mol. The summed E-state index contributed by atoms with van der Waals surface area (Å²) in [5.41, 5.74) is 1.25. The average Bonchev–Trinajstić information content (AvgIpc) is 1.88. The molecule has 1 N–H and O–H groups in total. The predicted octanol–water partition coefficient (Wildman–Crippen LogP) is 0.530. The maximum absolute atomic E-state index is 10.3. The van der Waals surface area contributed by atoms with Gasteiger partial charge in [0.2, 0.25) is 0 Å². The molecular weight excluding hydrogens is 132 g/mol. The van der Waals surface area contributed by atoms with Crippen LogP contribution in [0, 0.1) is 10.1 Å².